The number of nitrogens with zero attached hydrogens (tertiary/aromatic N) is 6. The summed E-state index contributed by atoms with van der Waals surface area (Å²) in [5.41, 5.74) is 8.99. The number of piperidine rings is 1. The van der Waals surface area contributed by atoms with Gasteiger partial charge in [-0.05, 0) is 43.4 Å². The van der Waals surface area contributed by atoms with Crippen LogP contribution in [0.2, 0.25) is 0 Å². The number of benzene rings is 1. The first-order valence-electron chi connectivity index (χ1n) is 11.9. The smallest absolute Gasteiger partial charge is 0.231 e. The normalized spacial score (nSPS) is 18.0. The van der Waals surface area contributed by atoms with Gasteiger partial charge >= 0.3 is 0 Å². The number of nitrogens with two attached hydrogens (primary N) is 1. The van der Waals surface area contributed by atoms with Crippen molar-refractivity contribution in [3.05, 3.63) is 30.7 Å². The molecule has 0 bridgehead atoms. The number of H-pyrrole nitrogens is 1. The highest BCUT2D eigenvalue weighted by Crippen LogP contribution is 2.44. The lowest BCUT2D eigenvalue weighted by atomic mass is 9.96. The molecule has 0 amide bonds. The van der Waals surface area contributed by atoms with E-state index in [2.05, 4.69) is 20.2 Å². The molecular formula is C23H26N8O4S2. The maximum absolute atomic E-state index is 12.1. The highest BCUT2D eigenvalue weighted by molar-refractivity contribution is 7.99. The van der Waals surface area contributed by atoms with E-state index in [-0.39, 0.29) is 12.7 Å². The molecule has 37 heavy (non-hydrogen) atoms. The highest BCUT2D eigenvalue weighted by atomic mass is 32.2. The standard InChI is InChI=1S/C23H26N8O4S2/c1-37(32,33)30-7-2-3-14(11-30)5-8-31-22-20(21(24)25-12-26-22)28-23(31)36-19-10-18-17(34-13-35-18)9-15(19)16-4-6-27-29-16/h4,6,9-10,12,14H,2-3,5,7-8,11,13H2,1H3,(H,27,29)(H2,24,25,26). The molecule has 4 aromatic rings. The number of anilines is 1. The summed E-state index contributed by atoms with van der Waals surface area (Å²) in [5.74, 6) is 1.87. The number of aryl methyl sites for hydroxylation is 1. The van der Waals surface area contributed by atoms with E-state index in [1.54, 1.807) is 10.5 Å². The van der Waals surface area contributed by atoms with Gasteiger partial charge in [0.25, 0.3) is 0 Å². The first-order valence-corrected chi connectivity index (χ1v) is 14.6. The second-order valence-electron chi connectivity index (χ2n) is 9.16. The van der Waals surface area contributed by atoms with E-state index >= 15 is 0 Å². The van der Waals surface area contributed by atoms with Gasteiger partial charge in [-0.2, -0.15) is 5.10 Å². The summed E-state index contributed by atoms with van der Waals surface area (Å²) in [6.45, 7) is 1.88. The predicted octanol–water partition coefficient (Wildman–Crippen LogP) is 2.74. The van der Waals surface area contributed by atoms with Gasteiger partial charge in [-0.25, -0.2) is 27.7 Å². The van der Waals surface area contributed by atoms with E-state index in [4.69, 9.17) is 20.2 Å². The van der Waals surface area contributed by atoms with Crippen LogP contribution in [-0.4, -0.2) is 68.6 Å². The summed E-state index contributed by atoms with van der Waals surface area (Å²) in [5, 5.41) is 7.93. The van der Waals surface area contributed by atoms with Crippen molar-refractivity contribution in [2.45, 2.75) is 35.9 Å². The average Bonchev–Trinajstić information content (AvgIpc) is 3.63. The number of imidazole rings is 1. The third-order valence-corrected chi connectivity index (χ3v) is 9.01. The molecule has 0 spiro atoms. The molecule has 194 valence electrons. The summed E-state index contributed by atoms with van der Waals surface area (Å²) < 4.78 is 39.0. The maximum atomic E-state index is 12.1. The van der Waals surface area contributed by atoms with E-state index in [0.29, 0.717) is 53.3 Å². The third-order valence-electron chi connectivity index (χ3n) is 6.69. The van der Waals surface area contributed by atoms with Crippen LogP contribution < -0.4 is 15.2 Å². The van der Waals surface area contributed by atoms with E-state index < -0.39 is 10.0 Å². The number of nitrogen functional groups attached to an aromatic ring is 1. The van der Waals surface area contributed by atoms with Crippen molar-refractivity contribution in [1.29, 1.82) is 0 Å². The minimum Gasteiger partial charge on any atom is -0.454 e. The van der Waals surface area contributed by atoms with Crippen LogP contribution in [0.3, 0.4) is 0 Å². The molecule has 0 saturated carbocycles. The summed E-state index contributed by atoms with van der Waals surface area (Å²) in [6.07, 6.45) is 7.08. The van der Waals surface area contributed by atoms with Gasteiger partial charge in [-0.15, -0.1) is 0 Å². The van der Waals surface area contributed by atoms with Crippen molar-refractivity contribution in [3.63, 3.8) is 0 Å². The Balaban J connectivity index is 1.35. The third kappa shape index (κ3) is 4.71. The number of hydrogen-bond acceptors (Lipinski definition) is 10. The monoisotopic (exact) mass is 542 g/mol. The van der Waals surface area contributed by atoms with E-state index in [0.717, 1.165) is 35.4 Å². The van der Waals surface area contributed by atoms with Crippen molar-refractivity contribution in [3.8, 4) is 22.8 Å². The number of rotatable bonds is 7. The molecule has 5 heterocycles. The van der Waals surface area contributed by atoms with Crippen molar-refractivity contribution in [2.24, 2.45) is 5.92 Å². The largest absolute Gasteiger partial charge is 0.454 e. The summed E-state index contributed by atoms with van der Waals surface area (Å²) in [7, 11) is -3.21. The fourth-order valence-electron chi connectivity index (χ4n) is 4.81. The van der Waals surface area contributed by atoms with Crippen molar-refractivity contribution < 1.29 is 17.9 Å². The first kappa shape index (κ1) is 24.0. The SMILES string of the molecule is CS(=O)(=O)N1CCCC(CCn2c(Sc3cc4c(cc3-c3cc[nH]n3)OCO4)nc3c(N)ncnc32)C1. The number of fused-ring (bicyclic) bond motifs is 2. The van der Waals surface area contributed by atoms with Crippen LogP contribution in [0.5, 0.6) is 11.5 Å². The van der Waals surface area contributed by atoms with Gasteiger partial charge in [0.2, 0.25) is 16.8 Å². The topological polar surface area (TPSA) is 154 Å². The van der Waals surface area contributed by atoms with Crippen molar-refractivity contribution >= 4 is 38.8 Å². The lowest BCUT2D eigenvalue weighted by Gasteiger charge is -2.31. The molecule has 3 N–H and O–H groups in total. The Bertz CT molecular complexity index is 1550. The lowest BCUT2D eigenvalue weighted by Crippen LogP contribution is -2.39. The van der Waals surface area contributed by atoms with Gasteiger partial charge in [0.1, 0.15) is 6.33 Å². The van der Waals surface area contributed by atoms with Crippen molar-refractivity contribution in [2.75, 3.05) is 31.9 Å². The zero-order valence-corrected chi connectivity index (χ0v) is 21.8. The number of aromatic amines is 1. The number of aromatic nitrogens is 6. The minimum absolute atomic E-state index is 0.167. The van der Waals surface area contributed by atoms with Crippen LogP contribution in [0.15, 0.2) is 40.8 Å². The van der Waals surface area contributed by atoms with Gasteiger partial charge in [0.15, 0.2) is 33.6 Å². The Morgan fingerprint density at radius 2 is 2.08 bits per heavy atom. The molecule has 2 aliphatic rings. The minimum atomic E-state index is -3.21. The van der Waals surface area contributed by atoms with Crippen LogP contribution in [-0.2, 0) is 16.6 Å². The summed E-state index contributed by atoms with van der Waals surface area (Å²) >= 11 is 1.46. The molecule has 1 atom stereocenters. The maximum Gasteiger partial charge on any atom is 0.231 e. The summed E-state index contributed by atoms with van der Waals surface area (Å²) in [6, 6.07) is 5.75. The number of ether oxygens (including phenoxy) is 2. The Morgan fingerprint density at radius 3 is 2.86 bits per heavy atom. The zero-order valence-electron chi connectivity index (χ0n) is 20.1. The zero-order chi connectivity index (χ0) is 25.6. The Hall–Kier alpha value is -3.36. The van der Waals surface area contributed by atoms with Crippen molar-refractivity contribution in [1.82, 2.24) is 34.0 Å². The fourth-order valence-corrected chi connectivity index (χ4v) is 6.81. The Kier molecular flexibility index (Phi) is 6.16. The van der Waals surface area contributed by atoms with E-state index in [1.165, 1.54) is 24.3 Å². The van der Waals surface area contributed by atoms with Gasteiger partial charge in [-0.1, -0.05) is 11.8 Å². The second kappa shape index (κ2) is 9.50. The van der Waals surface area contributed by atoms with Crippen LogP contribution in [0.1, 0.15) is 19.3 Å². The molecule has 1 saturated heterocycles. The first-order chi connectivity index (χ1) is 17.9. The van der Waals surface area contributed by atoms with Crippen LogP contribution >= 0.6 is 11.8 Å². The second-order valence-corrected chi connectivity index (χ2v) is 12.1. The van der Waals surface area contributed by atoms with Gasteiger partial charge in [0, 0.05) is 36.3 Å². The summed E-state index contributed by atoms with van der Waals surface area (Å²) in [4.78, 5) is 14.3. The molecule has 3 aromatic heterocycles. The van der Waals surface area contributed by atoms with Gasteiger partial charge < -0.3 is 19.8 Å². The van der Waals surface area contributed by atoms with Crippen LogP contribution in [0, 0.1) is 5.92 Å². The van der Waals surface area contributed by atoms with Gasteiger partial charge in [0.05, 0.1) is 11.9 Å². The molecule has 1 unspecified atom stereocenters. The molecular weight excluding hydrogens is 516 g/mol. The van der Waals surface area contributed by atoms with E-state index in [1.807, 2.05) is 22.8 Å². The number of nitrogens with one attached hydrogen (secondary N) is 1. The molecule has 14 heteroatoms. The molecule has 2 aliphatic heterocycles. The predicted molar refractivity (Wildman–Crippen MR) is 138 cm³/mol. The molecule has 0 radical (unpaired) electrons. The molecule has 12 nitrogen and oxygen atoms in total. The molecule has 1 fully saturated rings. The molecule has 6 rings (SSSR count). The number of hydrogen-bond donors (Lipinski definition) is 2. The Labute approximate surface area is 217 Å². The highest BCUT2D eigenvalue weighted by Gasteiger charge is 2.27. The number of sulfonamides is 1. The van der Waals surface area contributed by atoms with Crippen LogP contribution in [0.4, 0.5) is 5.82 Å². The molecule has 0 aliphatic carbocycles. The average molecular weight is 543 g/mol. The van der Waals surface area contributed by atoms with Gasteiger partial charge in [-0.3, -0.25) is 5.10 Å². The Morgan fingerprint density at radius 1 is 1.24 bits per heavy atom. The fraction of sp³-hybridized carbons (Fsp3) is 0.391. The van der Waals surface area contributed by atoms with E-state index in [9.17, 15) is 8.42 Å². The lowest BCUT2D eigenvalue weighted by molar-refractivity contribution is 0.174. The molecule has 1 aromatic carbocycles. The quantitative estimate of drug-likeness (QED) is 0.356. The van der Waals surface area contributed by atoms with Crippen LogP contribution in [0.25, 0.3) is 22.4 Å².